The van der Waals surface area contributed by atoms with E-state index in [1.165, 1.54) is 0 Å². The third kappa shape index (κ3) is 2.96. The molecule has 2 atom stereocenters. The largest absolute Gasteiger partial charge is 0.396 e. The molecule has 0 bridgehead atoms. The molecule has 10 nitrogen and oxygen atoms in total. The molecule has 5 heterocycles. The van der Waals surface area contributed by atoms with Crippen LogP contribution >= 0.6 is 0 Å². The quantitative estimate of drug-likeness (QED) is 0.639. The van der Waals surface area contributed by atoms with Gasteiger partial charge in [0.25, 0.3) is 5.91 Å². The molecule has 29 heavy (non-hydrogen) atoms. The maximum Gasteiger partial charge on any atom is 0.274 e. The van der Waals surface area contributed by atoms with Gasteiger partial charge in [-0.05, 0) is 6.07 Å². The van der Waals surface area contributed by atoms with Crippen molar-refractivity contribution in [2.24, 2.45) is 11.3 Å². The molecule has 0 aliphatic carbocycles. The molecule has 2 amide bonds. The van der Waals surface area contributed by atoms with Crippen LogP contribution in [-0.2, 0) is 11.3 Å². The predicted molar refractivity (Wildman–Crippen MR) is 101 cm³/mol. The van der Waals surface area contributed by atoms with Gasteiger partial charge in [0, 0.05) is 68.4 Å². The van der Waals surface area contributed by atoms with E-state index in [0.717, 1.165) is 0 Å². The SMILES string of the molecule is O=C(Cn1ccnc1)N1C[C@@H]2CN(C(=O)c3cc4ncccn4n3)C[C@]2(CO)C1. The van der Waals surface area contributed by atoms with E-state index in [0.29, 0.717) is 37.5 Å². The highest BCUT2D eigenvalue weighted by Gasteiger charge is 2.54. The highest BCUT2D eigenvalue weighted by molar-refractivity contribution is 5.93. The minimum atomic E-state index is -0.488. The van der Waals surface area contributed by atoms with Crippen LogP contribution in [0.15, 0.2) is 43.2 Å². The molecule has 0 unspecified atom stereocenters. The van der Waals surface area contributed by atoms with Crippen molar-refractivity contribution < 1.29 is 14.7 Å². The van der Waals surface area contributed by atoms with E-state index in [9.17, 15) is 14.7 Å². The summed E-state index contributed by atoms with van der Waals surface area (Å²) in [6.07, 6.45) is 8.40. The third-order valence-electron chi connectivity index (χ3n) is 6.05. The Bertz CT molecular complexity index is 1030. The molecule has 0 saturated carbocycles. The van der Waals surface area contributed by atoms with E-state index < -0.39 is 5.41 Å². The zero-order valence-electron chi connectivity index (χ0n) is 15.8. The molecule has 2 aliphatic rings. The Morgan fingerprint density at radius 2 is 2.00 bits per heavy atom. The molecular formula is C19H21N7O3. The Kier molecular flexibility index (Phi) is 4.09. The molecule has 0 aromatic carbocycles. The summed E-state index contributed by atoms with van der Waals surface area (Å²) in [6, 6.07) is 3.42. The fraction of sp³-hybridized carbons (Fsp3) is 0.421. The number of nitrogens with zero attached hydrogens (tertiary/aromatic N) is 7. The summed E-state index contributed by atoms with van der Waals surface area (Å²) in [4.78, 5) is 37.3. The molecule has 5 rings (SSSR count). The first-order valence-electron chi connectivity index (χ1n) is 9.52. The fourth-order valence-electron chi connectivity index (χ4n) is 4.48. The topological polar surface area (TPSA) is 109 Å². The van der Waals surface area contributed by atoms with Crippen LogP contribution in [0.4, 0.5) is 0 Å². The minimum absolute atomic E-state index is 0.00507. The number of aromatic nitrogens is 5. The highest BCUT2D eigenvalue weighted by Crippen LogP contribution is 2.42. The van der Waals surface area contributed by atoms with Gasteiger partial charge in [0.05, 0.1) is 12.9 Å². The number of aliphatic hydroxyl groups is 1. The number of aliphatic hydroxyl groups excluding tert-OH is 1. The number of likely N-dealkylation sites (tertiary alicyclic amines) is 2. The van der Waals surface area contributed by atoms with E-state index in [-0.39, 0.29) is 30.9 Å². The summed E-state index contributed by atoms with van der Waals surface area (Å²) in [7, 11) is 0. The van der Waals surface area contributed by atoms with Crippen molar-refractivity contribution in [1.29, 1.82) is 0 Å². The second-order valence-corrected chi connectivity index (χ2v) is 7.86. The van der Waals surface area contributed by atoms with E-state index in [4.69, 9.17) is 0 Å². The molecule has 2 fully saturated rings. The summed E-state index contributed by atoms with van der Waals surface area (Å²) in [5.41, 5.74) is 0.464. The zero-order valence-corrected chi connectivity index (χ0v) is 15.8. The number of hydrogen-bond donors (Lipinski definition) is 1. The summed E-state index contributed by atoms with van der Waals surface area (Å²) in [5.74, 6) is -0.137. The molecule has 10 heteroatoms. The average molecular weight is 395 g/mol. The van der Waals surface area contributed by atoms with Crippen LogP contribution in [0.2, 0.25) is 0 Å². The van der Waals surface area contributed by atoms with Gasteiger partial charge in [-0.1, -0.05) is 0 Å². The lowest BCUT2D eigenvalue weighted by molar-refractivity contribution is -0.131. The van der Waals surface area contributed by atoms with E-state index >= 15 is 0 Å². The summed E-state index contributed by atoms with van der Waals surface area (Å²) >= 11 is 0. The van der Waals surface area contributed by atoms with Gasteiger partial charge in [0.1, 0.15) is 6.54 Å². The van der Waals surface area contributed by atoms with Crippen LogP contribution in [0.25, 0.3) is 5.65 Å². The average Bonchev–Trinajstić information content (AvgIpc) is 3.48. The maximum absolute atomic E-state index is 13.0. The smallest absolute Gasteiger partial charge is 0.274 e. The zero-order chi connectivity index (χ0) is 20.0. The summed E-state index contributed by atoms with van der Waals surface area (Å²) in [6.45, 7) is 2.04. The van der Waals surface area contributed by atoms with Crippen LogP contribution < -0.4 is 0 Å². The minimum Gasteiger partial charge on any atom is -0.396 e. The van der Waals surface area contributed by atoms with Gasteiger partial charge in [0.15, 0.2) is 11.3 Å². The van der Waals surface area contributed by atoms with Gasteiger partial charge in [0.2, 0.25) is 5.91 Å². The van der Waals surface area contributed by atoms with Crippen molar-refractivity contribution in [3.8, 4) is 0 Å². The van der Waals surface area contributed by atoms with Crippen LogP contribution in [0.3, 0.4) is 0 Å². The number of carbonyl (C=O) groups excluding carboxylic acids is 2. The van der Waals surface area contributed by atoms with Gasteiger partial charge in [-0.15, -0.1) is 0 Å². The van der Waals surface area contributed by atoms with Gasteiger partial charge in [-0.25, -0.2) is 14.5 Å². The Morgan fingerprint density at radius 1 is 1.17 bits per heavy atom. The lowest BCUT2D eigenvalue weighted by Crippen LogP contribution is -2.41. The lowest BCUT2D eigenvalue weighted by Gasteiger charge is -2.27. The fourth-order valence-corrected chi connectivity index (χ4v) is 4.48. The molecule has 150 valence electrons. The first-order valence-corrected chi connectivity index (χ1v) is 9.52. The third-order valence-corrected chi connectivity index (χ3v) is 6.05. The Hall–Kier alpha value is -3.27. The first kappa shape index (κ1) is 17.8. The predicted octanol–water partition coefficient (Wildman–Crippen LogP) is -0.481. The Morgan fingerprint density at radius 3 is 2.72 bits per heavy atom. The van der Waals surface area contributed by atoms with Crippen LogP contribution in [-0.4, -0.2) is 83.7 Å². The van der Waals surface area contributed by atoms with Crippen molar-refractivity contribution in [3.63, 3.8) is 0 Å². The van der Waals surface area contributed by atoms with Gasteiger partial charge in [-0.3, -0.25) is 9.59 Å². The first-order chi connectivity index (χ1) is 14.1. The van der Waals surface area contributed by atoms with E-state index in [1.807, 2.05) is 0 Å². The van der Waals surface area contributed by atoms with Crippen molar-refractivity contribution in [2.45, 2.75) is 6.54 Å². The van der Waals surface area contributed by atoms with E-state index in [2.05, 4.69) is 15.1 Å². The maximum atomic E-state index is 13.0. The highest BCUT2D eigenvalue weighted by atomic mass is 16.3. The molecule has 0 radical (unpaired) electrons. The number of carbonyl (C=O) groups is 2. The molecule has 3 aromatic rings. The normalized spacial score (nSPS) is 23.7. The van der Waals surface area contributed by atoms with E-state index in [1.54, 1.807) is 62.1 Å². The molecule has 3 aromatic heterocycles. The second kappa shape index (κ2) is 6.66. The molecule has 2 saturated heterocycles. The van der Waals surface area contributed by atoms with Gasteiger partial charge in [-0.2, -0.15) is 5.10 Å². The second-order valence-electron chi connectivity index (χ2n) is 7.86. The van der Waals surface area contributed by atoms with Crippen molar-refractivity contribution in [2.75, 3.05) is 32.8 Å². The molecule has 1 N–H and O–H groups in total. The van der Waals surface area contributed by atoms with Crippen LogP contribution in [0.5, 0.6) is 0 Å². The van der Waals surface area contributed by atoms with Crippen molar-refractivity contribution in [3.05, 3.63) is 48.9 Å². The van der Waals surface area contributed by atoms with Crippen LogP contribution in [0, 0.1) is 11.3 Å². The van der Waals surface area contributed by atoms with Gasteiger partial charge >= 0.3 is 0 Å². The Balaban J connectivity index is 1.30. The number of rotatable bonds is 4. The lowest BCUT2D eigenvalue weighted by atomic mass is 9.82. The van der Waals surface area contributed by atoms with Crippen molar-refractivity contribution in [1.82, 2.24) is 33.9 Å². The summed E-state index contributed by atoms with van der Waals surface area (Å²) < 4.78 is 3.30. The number of imidazole rings is 1. The number of hydrogen-bond acceptors (Lipinski definition) is 6. The molecule has 0 spiro atoms. The monoisotopic (exact) mass is 395 g/mol. The van der Waals surface area contributed by atoms with Crippen LogP contribution in [0.1, 0.15) is 10.5 Å². The standard InChI is InChI=1S/C19H21N7O3/c27-12-19-10-24(17(28)9-23-5-3-20-13-23)7-14(19)8-25(11-19)18(29)15-6-16-21-2-1-4-26(16)22-15/h1-6,13-14,27H,7-12H2/t14-,19+/m1/s1. The Labute approximate surface area is 166 Å². The number of amides is 2. The summed E-state index contributed by atoms with van der Waals surface area (Å²) in [5, 5.41) is 14.5. The van der Waals surface area contributed by atoms with Crippen molar-refractivity contribution >= 4 is 17.5 Å². The molecular weight excluding hydrogens is 374 g/mol. The number of fused-ring (bicyclic) bond motifs is 2. The molecule has 2 aliphatic heterocycles. The van der Waals surface area contributed by atoms with Gasteiger partial charge < -0.3 is 19.5 Å².